The first-order chi connectivity index (χ1) is 9.47. The van der Waals surface area contributed by atoms with Gasteiger partial charge in [0.05, 0.1) is 0 Å². The van der Waals surface area contributed by atoms with Crippen molar-refractivity contribution in [1.29, 1.82) is 0 Å². The molecule has 0 aliphatic heterocycles. The van der Waals surface area contributed by atoms with Crippen molar-refractivity contribution in [2.45, 2.75) is 37.9 Å². The van der Waals surface area contributed by atoms with Crippen molar-refractivity contribution in [2.75, 3.05) is 27.7 Å². The average molecular weight is 340 g/mol. The standard InChI is InChI=1S/C16H26BrN3/c1-19(2)16(7-4-8-16)12-20(3)11-14-6-5-13(10-18)9-15(14)17/h5-6,9H,4,7-8,10-12,18H2,1-3H3. The largest absolute Gasteiger partial charge is 0.326 e. The molecule has 1 aliphatic rings. The van der Waals surface area contributed by atoms with Crippen LogP contribution in [-0.2, 0) is 13.1 Å². The number of halogens is 1. The van der Waals surface area contributed by atoms with Crippen molar-refractivity contribution in [3.63, 3.8) is 0 Å². The lowest BCUT2D eigenvalue weighted by molar-refractivity contribution is 0.0258. The summed E-state index contributed by atoms with van der Waals surface area (Å²) in [5.74, 6) is 0. The second-order valence-electron chi connectivity index (χ2n) is 6.27. The quantitative estimate of drug-likeness (QED) is 0.864. The summed E-state index contributed by atoms with van der Waals surface area (Å²) in [5, 5.41) is 0. The van der Waals surface area contributed by atoms with E-state index in [9.17, 15) is 0 Å². The minimum Gasteiger partial charge on any atom is -0.326 e. The summed E-state index contributed by atoms with van der Waals surface area (Å²) < 4.78 is 1.17. The molecule has 1 aliphatic carbocycles. The number of hydrogen-bond acceptors (Lipinski definition) is 3. The molecule has 0 saturated heterocycles. The summed E-state index contributed by atoms with van der Waals surface area (Å²) >= 11 is 3.66. The number of benzene rings is 1. The molecule has 20 heavy (non-hydrogen) atoms. The molecule has 0 unspecified atom stereocenters. The number of nitrogens with zero attached hydrogens (tertiary/aromatic N) is 2. The molecule has 1 saturated carbocycles. The van der Waals surface area contributed by atoms with E-state index in [1.54, 1.807) is 0 Å². The molecule has 0 atom stereocenters. The van der Waals surface area contributed by atoms with Crippen LogP contribution in [0, 0.1) is 0 Å². The van der Waals surface area contributed by atoms with Crippen LogP contribution in [-0.4, -0.2) is 43.0 Å². The van der Waals surface area contributed by atoms with Gasteiger partial charge in [-0.15, -0.1) is 0 Å². The van der Waals surface area contributed by atoms with Gasteiger partial charge in [0.25, 0.3) is 0 Å². The van der Waals surface area contributed by atoms with Crippen molar-refractivity contribution in [1.82, 2.24) is 9.80 Å². The average Bonchev–Trinajstić information content (AvgIpc) is 2.35. The van der Waals surface area contributed by atoms with Crippen molar-refractivity contribution in [3.05, 3.63) is 33.8 Å². The normalized spacial score (nSPS) is 17.6. The zero-order valence-corrected chi connectivity index (χ0v) is 14.4. The Hall–Kier alpha value is -0.420. The maximum absolute atomic E-state index is 5.68. The minimum absolute atomic E-state index is 0.387. The lowest BCUT2D eigenvalue weighted by Gasteiger charge is -2.49. The van der Waals surface area contributed by atoms with Crippen LogP contribution in [0.2, 0.25) is 0 Å². The van der Waals surface area contributed by atoms with Crippen LogP contribution in [0.15, 0.2) is 22.7 Å². The summed E-state index contributed by atoms with van der Waals surface area (Å²) in [6, 6.07) is 6.44. The Morgan fingerprint density at radius 2 is 1.95 bits per heavy atom. The molecular formula is C16H26BrN3. The fourth-order valence-corrected chi connectivity index (χ4v) is 3.58. The summed E-state index contributed by atoms with van der Waals surface area (Å²) in [7, 11) is 6.63. The number of rotatable bonds is 6. The fourth-order valence-electron chi connectivity index (χ4n) is 3.03. The fraction of sp³-hybridized carbons (Fsp3) is 0.625. The minimum atomic E-state index is 0.387. The van der Waals surface area contributed by atoms with Gasteiger partial charge in [0.2, 0.25) is 0 Å². The smallest absolute Gasteiger partial charge is 0.0330 e. The van der Waals surface area contributed by atoms with E-state index in [0.29, 0.717) is 12.1 Å². The highest BCUT2D eigenvalue weighted by atomic mass is 79.9. The molecule has 2 N–H and O–H groups in total. The Balaban J connectivity index is 1.99. The monoisotopic (exact) mass is 339 g/mol. The van der Waals surface area contributed by atoms with Crippen molar-refractivity contribution in [3.8, 4) is 0 Å². The predicted molar refractivity (Wildman–Crippen MR) is 88.6 cm³/mol. The van der Waals surface area contributed by atoms with Crippen LogP contribution in [0.1, 0.15) is 30.4 Å². The van der Waals surface area contributed by atoms with Gasteiger partial charge < -0.3 is 15.5 Å². The second kappa shape index (κ2) is 6.56. The molecule has 1 aromatic rings. The van der Waals surface area contributed by atoms with Crippen molar-refractivity contribution >= 4 is 15.9 Å². The highest BCUT2D eigenvalue weighted by molar-refractivity contribution is 9.10. The summed E-state index contributed by atoms with van der Waals surface area (Å²) in [5.41, 5.74) is 8.57. The zero-order valence-electron chi connectivity index (χ0n) is 12.8. The third-order valence-corrected chi connectivity index (χ3v) is 5.33. The zero-order chi connectivity index (χ0) is 14.8. The van der Waals surface area contributed by atoms with Gasteiger partial charge in [-0.25, -0.2) is 0 Å². The molecule has 2 rings (SSSR count). The van der Waals surface area contributed by atoms with Crippen LogP contribution in [0.3, 0.4) is 0 Å². The van der Waals surface area contributed by atoms with Gasteiger partial charge in [0.1, 0.15) is 0 Å². The molecule has 112 valence electrons. The highest BCUT2D eigenvalue weighted by Gasteiger charge is 2.39. The van der Waals surface area contributed by atoms with E-state index in [0.717, 1.165) is 13.1 Å². The Labute approximate surface area is 131 Å². The number of nitrogens with two attached hydrogens (primary N) is 1. The van der Waals surface area contributed by atoms with Gasteiger partial charge in [0.15, 0.2) is 0 Å². The maximum atomic E-state index is 5.68. The van der Waals surface area contributed by atoms with Gasteiger partial charge in [0, 0.05) is 29.6 Å². The van der Waals surface area contributed by atoms with E-state index in [1.165, 1.54) is 34.9 Å². The molecule has 0 spiro atoms. The molecule has 0 heterocycles. The molecule has 0 bridgehead atoms. The first-order valence-corrected chi connectivity index (χ1v) is 8.09. The van der Waals surface area contributed by atoms with E-state index in [-0.39, 0.29) is 0 Å². The van der Waals surface area contributed by atoms with Crippen LogP contribution in [0.25, 0.3) is 0 Å². The van der Waals surface area contributed by atoms with E-state index in [4.69, 9.17) is 5.73 Å². The Morgan fingerprint density at radius 1 is 1.25 bits per heavy atom. The third kappa shape index (κ3) is 3.42. The van der Waals surface area contributed by atoms with Gasteiger partial charge in [-0.1, -0.05) is 28.1 Å². The Bertz CT molecular complexity index is 455. The SMILES string of the molecule is CN(Cc1ccc(CN)cc1Br)CC1(N(C)C)CCC1. The first-order valence-electron chi connectivity index (χ1n) is 7.30. The molecule has 1 fully saturated rings. The molecule has 1 aromatic carbocycles. The van der Waals surface area contributed by atoms with E-state index in [2.05, 4.69) is 65.1 Å². The van der Waals surface area contributed by atoms with Crippen LogP contribution >= 0.6 is 15.9 Å². The maximum Gasteiger partial charge on any atom is 0.0330 e. The molecular weight excluding hydrogens is 314 g/mol. The van der Waals surface area contributed by atoms with Gasteiger partial charge in [-0.3, -0.25) is 0 Å². The van der Waals surface area contributed by atoms with Crippen LogP contribution in [0.4, 0.5) is 0 Å². The van der Waals surface area contributed by atoms with Crippen LogP contribution < -0.4 is 5.73 Å². The summed E-state index contributed by atoms with van der Waals surface area (Å²) in [6.07, 6.45) is 4.00. The van der Waals surface area contributed by atoms with Crippen LogP contribution in [0.5, 0.6) is 0 Å². The Kier molecular flexibility index (Phi) is 5.24. The van der Waals surface area contributed by atoms with Gasteiger partial charge in [-0.2, -0.15) is 0 Å². The van der Waals surface area contributed by atoms with E-state index >= 15 is 0 Å². The van der Waals surface area contributed by atoms with Gasteiger partial charge in [-0.05, 0) is 57.6 Å². The van der Waals surface area contributed by atoms with Gasteiger partial charge >= 0.3 is 0 Å². The molecule has 0 amide bonds. The highest BCUT2D eigenvalue weighted by Crippen LogP contribution is 2.37. The molecule has 0 radical (unpaired) electrons. The topological polar surface area (TPSA) is 32.5 Å². The Morgan fingerprint density at radius 3 is 2.40 bits per heavy atom. The molecule has 4 heteroatoms. The third-order valence-electron chi connectivity index (χ3n) is 4.59. The predicted octanol–water partition coefficient (Wildman–Crippen LogP) is 2.82. The van der Waals surface area contributed by atoms with Crippen molar-refractivity contribution < 1.29 is 0 Å². The summed E-state index contributed by atoms with van der Waals surface area (Å²) in [4.78, 5) is 4.83. The lowest BCUT2D eigenvalue weighted by Crippen LogP contribution is -2.56. The summed E-state index contributed by atoms with van der Waals surface area (Å²) in [6.45, 7) is 2.70. The number of hydrogen-bond donors (Lipinski definition) is 1. The van der Waals surface area contributed by atoms with Crippen molar-refractivity contribution in [2.24, 2.45) is 5.73 Å². The molecule has 3 nitrogen and oxygen atoms in total. The second-order valence-corrected chi connectivity index (χ2v) is 7.13. The number of likely N-dealkylation sites (N-methyl/N-ethyl adjacent to an activating group) is 2. The van der Waals surface area contributed by atoms with E-state index < -0.39 is 0 Å². The molecule has 0 aromatic heterocycles. The first kappa shape index (κ1) is 16.0. The van der Waals surface area contributed by atoms with E-state index in [1.807, 2.05) is 0 Å². The lowest BCUT2D eigenvalue weighted by atomic mass is 9.75.